The van der Waals surface area contributed by atoms with Crippen LogP contribution in [0.2, 0.25) is 0 Å². The SMILES string of the molecule is C/C=C(/C)CC(=NC)C(=O)NC1CCC(C(C)(C)C)CC1. The van der Waals surface area contributed by atoms with Crippen molar-refractivity contribution in [3.8, 4) is 0 Å². The number of allylic oxidation sites excluding steroid dienone is 2. The van der Waals surface area contributed by atoms with Crippen LogP contribution in [-0.4, -0.2) is 24.7 Å². The molecule has 0 spiro atoms. The fourth-order valence-electron chi connectivity index (χ4n) is 3.00. The zero-order chi connectivity index (χ0) is 16.0. The second-order valence-corrected chi connectivity index (χ2v) is 7.37. The van der Waals surface area contributed by atoms with Crippen molar-refractivity contribution in [2.75, 3.05) is 7.05 Å². The largest absolute Gasteiger partial charge is 0.348 e. The van der Waals surface area contributed by atoms with Gasteiger partial charge in [-0.1, -0.05) is 32.4 Å². The fraction of sp³-hybridized carbons (Fsp3) is 0.778. The first-order chi connectivity index (χ1) is 9.77. The molecule has 21 heavy (non-hydrogen) atoms. The third-order valence-electron chi connectivity index (χ3n) is 4.76. The number of hydrogen-bond acceptors (Lipinski definition) is 2. The van der Waals surface area contributed by atoms with Gasteiger partial charge in [-0.15, -0.1) is 0 Å². The molecule has 1 N–H and O–H groups in total. The molecule has 0 unspecified atom stereocenters. The van der Waals surface area contributed by atoms with Crippen LogP contribution in [0.5, 0.6) is 0 Å². The van der Waals surface area contributed by atoms with Crippen LogP contribution in [-0.2, 0) is 4.79 Å². The third kappa shape index (κ3) is 5.64. The van der Waals surface area contributed by atoms with Crippen LogP contribution in [0, 0.1) is 11.3 Å². The first kappa shape index (κ1) is 17.9. The second-order valence-electron chi connectivity index (χ2n) is 7.37. The first-order valence-corrected chi connectivity index (χ1v) is 8.16. The molecule has 1 fully saturated rings. The molecule has 3 nitrogen and oxygen atoms in total. The van der Waals surface area contributed by atoms with E-state index in [1.165, 1.54) is 18.4 Å². The van der Waals surface area contributed by atoms with Crippen molar-refractivity contribution < 1.29 is 4.79 Å². The lowest BCUT2D eigenvalue weighted by atomic mass is 9.71. The third-order valence-corrected chi connectivity index (χ3v) is 4.76. The smallest absolute Gasteiger partial charge is 0.265 e. The van der Waals surface area contributed by atoms with E-state index in [4.69, 9.17) is 0 Å². The van der Waals surface area contributed by atoms with Gasteiger partial charge in [0.15, 0.2) is 0 Å². The highest BCUT2D eigenvalue weighted by atomic mass is 16.1. The van der Waals surface area contributed by atoms with Crippen LogP contribution in [0.1, 0.15) is 66.7 Å². The molecule has 0 aromatic carbocycles. The van der Waals surface area contributed by atoms with Crippen LogP contribution in [0.4, 0.5) is 0 Å². The number of nitrogens with one attached hydrogen (secondary N) is 1. The molecule has 120 valence electrons. The summed E-state index contributed by atoms with van der Waals surface area (Å²) in [6.45, 7) is 11.0. The van der Waals surface area contributed by atoms with E-state index in [1.807, 2.05) is 19.9 Å². The Hall–Kier alpha value is -1.12. The van der Waals surface area contributed by atoms with Crippen LogP contribution in [0.3, 0.4) is 0 Å². The molecule has 0 aliphatic heterocycles. The molecule has 0 aromatic rings. The Balaban J connectivity index is 2.50. The van der Waals surface area contributed by atoms with Crippen molar-refractivity contribution in [3.63, 3.8) is 0 Å². The van der Waals surface area contributed by atoms with Crippen molar-refractivity contribution in [1.29, 1.82) is 0 Å². The maximum absolute atomic E-state index is 12.3. The zero-order valence-corrected chi connectivity index (χ0v) is 14.6. The van der Waals surface area contributed by atoms with Gasteiger partial charge in [-0.3, -0.25) is 9.79 Å². The molecular formula is C18H32N2O. The summed E-state index contributed by atoms with van der Waals surface area (Å²) in [5, 5.41) is 3.17. The first-order valence-electron chi connectivity index (χ1n) is 8.16. The van der Waals surface area contributed by atoms with Gasteiger partial charge in [-0.25, -0.2) is 0 Å². The van der Waals surface area contributed by atoms with Gasteiger partial charge >= 0.3 is 0 Å². The molecule has 1 aliphatic carbocycles. The lowest BCUT2D eigenvalue weighted by Crippen LogP contribution is -2.42. The van der Waals surface area contributed by atoms with E-state index >= 15 is 0 Å². The predicted molar refractivity (Wildman–Crippen MR) is 90.8 cm³/mol. The maximum Gasteiger partial charge on any atom is 0.265 e. The summed E-state index contributed by atoms with van der Waals surface area (Å²) in [6.07, 6.45) is 7.28. The summed E-state index contributed by atoms with van der Waals surface area (Å²) in [6, 6.07) is 0.318. The van der Waals surface area contributed by atoms with Gasteiger partial charge in [-0.2, -0.15) is 0 Å². The van der Waals surface area contributed by atoms with Gasteiger partial charge in [0.05, 0.1) is 0 Å². The van der Waals surface area contributed by atoms with Crippen molar-refractivity contribution in [2.45, 2.75) is 72.8 Å². The molecule has 0 saturated heterocycles. The molecule has 0 heterocycles. The number of amides is 1. The summed E-state index contributed by atoms with van der Waals surface area (Å²) in [5.74, 6) is 0.785. The van der Waals surface area contributed by atoms with E-state index in [0.717, 1.165) is 18.8 Å². The topological polar surface area (TPSA) is 41.5 Å². The number of carbonyl (C=O) groups excluding carboxylic acids is 1. The highest BCUT2D eigenvalue weighted by Crippen LogP contribution is 2.37. The summed E-state index contributed by atoms with van der Waals surface area (Å²) < 4.78 is 0. The summed E-state index contributed by atoms with van der Waals surface area (Å²) >= 11 is 0. The Morgan fingerprint density at radius 3 is 2.24 bits per heavy atom. The average Bonchev–Trinajstić information content (AvgIpc) is 2.43. The molecule has 1 saturated carbocycles. The van der Waals surface area contributed by atoms with E-state index in [1.54, 1.807) is 7.05 Å². The molecule has 1 amide bonds. The average molecular weight is 292 g/mol. The number of nitrogens with zero attached hydrogens (tertiary/aromatic N) is 1. The Kier molecular flexibility index (Phi) is 6.63. The van der Waals surface area contributed by atoms with Crippen LogP contribution < -0.4 is 5.32 Å². The van der Waals surface area contributed by atoms with Gasteiger partial charge in [0.2, 0.25) is 0 Å². The molecule has 1 rings (SSSR count). The summed E-state index contributed by atoms with van der Waals surface area (Å²) in [5.41, 5.74) is 2.21. The lowest BCUT2D eigenvalue weighted by molar-refractivity contribution is -0.115. The Morgan fingerprint density at radius 2 is 1.81 bits per heavy atom. The number of rotatable bonds is 4. The number of aliphatic imine (C=N–C) groups is 1. The zero-order valence-electron chi connectivity index (χ0n) is 14.6. The van der Waals surface area contributed by atoms with Gasteiger partial charge in [0, 0.05) is 19.5 Å². The monoisotopic (exact) mass is 292 g/mol. The molecule has 3 heteroatoms. The van der Waals surface area contributed by atoms with E-state index in [-0.39, 0.29) is 5.91 Å². The van der Waals surface area contributed by atoms with Gasteiger partial charge in [0.25, 0.3) is 5.91 Å². The molecular weight excluding hydrogens is 260 g/mol. The standard InChI is InChI=1S/C18H32N2O/c1-7-13(2)12-16(19-6)17(21)20-15-10-8-14(9-11-15)18(3,4)5/h7,14-15H,8-12H2,1-6H3,(H,20,21)/b13-7-,19-16?. The van der Waals surface area contributed by atoms with Gasteiger partial charge in [0.1, 0.15) is 5.71 Å². The van der Waals surface area contributed by atoms with E-state index < -0.39 is 0 Å². The van der Waals surface area contributed by atoms with Crippen LogP contribution >= 0.6 is 0 Å². The van der Waals surface area contributed by atoms with Crippen LogP contribution in [0.25, 0.3) is 0 Å². The molecule has 1 aliphatic rings. The maximum atomic E-state index is 12.3. The van der Waals surface area contributed by atoms with Crippen molar-refractivity contribution in [3.05, 3.63) is 11.6 Å². The fourth-order valence-corrected chi connectivity index (χ4v) is 3.00. The highest BCUT2D eigenvalue weighted by molar-refractivity contribution is 6.39. The molecule has 0 atom stereocenters. The minimum atomic E-state index is 0.0120. The van der Waals surface area contributed by atoms with E-state index in [0.29, 0.717) is 23.6 Å². The minimum Gasteiger partial charge on any atom is -0.348 e. The van der Waals surface area contributed by atoms with E-state index in [9.17, 15) is 4.79 Å². The molecule has 0 bridgehead atoms. The van der Waals surface area contributed by atoms with Crippen molar-refractivity contribution >= 4 is 11.6 Å². The lowest BCUT2D eigenvalue weighted by Gasteiger charge is -2.37. The normalized spacial score (nSPS) is 24.9. The Morgan fingerprint density at radius 1 is 1.24 bits per heavy atom. The van der Waals surface area contributed by atoms with Crippen molar-refractivity contribution in [1.82, 2.24) is 5.32 Å². The quantitative estimate of drug-likeness (QED) is 0.614. The van der Waals surface area contributed by atoms with Gasteiger partial charge in [-0.05, 0) is 50.9 Å². The number of hydrogen-bond donors (Lipinski definition) is 1. The predicted octanol–water partition coefficient (Wildman–Crippen LogP) is 4.13. The molecule has 0 aromatic heterocycles. The van der Waals surface area contributed by atoms with Gasteiger partial charge < -0.3 is 5.32 Å². The Labute approximate surface area is 130 Å². The Bertz CT molecular complexity index is 407. The number of carbonyl (C=O) groups is 1. The summed E-state index contributed by atoms with van der Waals surface area (Å²) in [4.78, 5) is 16.5. The second kappa shape index (κ2) is 7.77. The highest BCUT2D eigenvalue weighted by Gasteiger charge is 2.30. The summed E-state index contributed by atoms with van der Waals surface area (Å²) in [7, 11) is 1.70. The molecule has 0 radical (unpaired) electrons. The van der Waals surface area contributed by atoms with Crippen LogP contribution in [0.15, 0.2) is 16.6 Å². The van der Waals surface area contributed by atoms with E-state index in [2.05, 4.69) is 31.1 Å². The van der Waals surface area contributed by atoms with Crippen molar-refractivity contribution in [2.24, 2.45) is 16.3 Å². The minimum absolute atomic E-state index is 0.0120.